The van der Waals surface area contributed by atoms with Crippen LogP contribution in [-0.4, -0.2) is 19.6 Å². The van der Waals surface area contributed by atoms with Gasteiger partial charge < -0.3 is 0 Å². The minimum absolute atomic E-state index is 0.653. The predicted molar refractivity (Wildman–Crippen MR) is 35.5 cm³/mol. The van der Waals surface area contributed by atoms with Gasteiger partial charge in [-0.2, -0.15) is 10.1 Å². The first-order valence-corrected chi connectivity index (χ1v) is 2.99. The fraction of sp³-hybridized carbons (Fsp3) is 0.167. The van der Waals surface area contributed by atoms with E-state index in [1.165, 1.54) is 6.33 Å². The minimum Gasteiger partial charge on any atom is -0.216 e. The third-order valence-electron chi connectivity index (χ3n) is 1.29. The molecule has 2 rings (SSSR count). The molecule has 4 heteroatoms. The van der Waals surface area contributed by atoms with E-state index in [1.54, 1.807) is 4.52 Å². The maximum Gasteiger partial charge on any atom is 0.252 e. The van der Waals surface area contributed by atoms with Crippen LogP contribution in [0.25, 0.3) is 5.78 Å². The van der Waals surface area contributed by atoms with Gasteiger partial charge >= 0.3 is 0 Å². The second-order valence-corrected chi connectivity index (χ2v) is 2.07. The molecule has 2 aromatic rings. The van der Waals surface area contributed by atoms with Crippen molar-refractivity contribution in [3.05, 3.63) is 24.3 Å². The first-order valence-electron chi connectivity index (χ1n) is 2.99. The van der Waals surface area contributed by atoms with Crippen LogP contribution in [0.3, 0.4) is 0 Å². The van der Waals surface area contributed by atoms with Gasteiger partial charge in [-0.05, 0) is 13.0 Å². The highest BCUT2D eigenvalue weighted by Crippen LogP contribution is 1.94. The molecule has 0 spiro atoms. The fourth-order valence-corrected chi connectivity index (χ4v) is 0.803. The summed E-state index contributed by atoms with van der Waals surface area (Å²) in [5, 5.41) is 3.90. The Morgan fingerprint density at radius 2 is 2.40 bits per heavy atom. The average Bonchev–Trinajstić information content (AvgIpc) is 2.33. The van der Waals surface area contributed by atoms with E-state index in [0.717, 1.165) is 5.69 Å². The molecule has 0 aliphatic carbocycles. The first-order chi connectivity index (χ1) is 4.86. The number of hydrogen-bond acceptors (Lipinski definition) is 3. The Balaban J connectivity index is 2.86. The third-order valence-corrected chi connectivity index (χ3v) is 1.29. The third kappa shape index (κ3) is 0.655. The predicted octanol–water partition coefficient (Wildman–Crippen LogP) is 0.433. The highest BCUT2D eigenvalue weighted by Gasteiger charge is 1.93. The maximum atomic E-state index is 4.12. The Labute approximate surface area is 57.5 Å². The summed E-state index contributed by atoms with van der Waals surface area (Å²) in [6.45, 7) is 1.93. The van der Waals surface area contributed by atoms with Crippen LogP contribution in [0.1, 0.15) is 5.69 Å². The standard InChI is InChI=1S/C6H6N4/c1-5-2-3-10-6(9-5)7-4-8-10/h2-4H,1H3. The molecule has 0 atom stereocenters. The molecule has 50 valence electrons. The van der Waals surface area contributed by atoms with Gasteiger partial charge in [0.1, 0.15) is 6.33 Å². The summed E-state index contributed by atoms with van der Waals surface area (Å²) < 4.78 is 1.63. The molecule has 0 aliphatic heterocycles. The van der Waals surface area contributed by atoms with Gasteiger partial charge in [-0.1, -0.05) is 0 Å². The molecule has 0 radical (unpaired) electrons. The van der Waals surface area contributed by atoms with Gasteiger partial charge in [0.15, 0.2) is 0 Å². The zero-order valence-corrected chi connectivity index (χ0v) is 5.52. The van der Waals surface area contributed by atoms with Crippen LogP contribution in [0.5, 0.6) is 0 Å². The largest absolute Gasteiger partial charge is 0.252 e. The zero-order chi connectivity index (χ0) is 6.97. The van der Waals surface area contributed by atoms with Crippen LogP contribution in [0.4, 0.5) is 0 Å². The van der Waals surface area contributed by atoms with Crippen molar-refractivity contribution < 1.29 is 0 Å². The number of aryl methyl sites for hydroxylation is 1. The van der Waals surface area contributed by atoms with Crippen molar-refractivity contribution in [2.24, 2.45) is 0 Å². The van der Waals surface area contributed by atoms with Crippen molar-refractivity contribution in [3.8, 4) is 0 Å². The minimum atomic E-state index is 0.653. The second-order valence-electron chi connectivity index (χ2n) is 2.07. The maximum absolute atomic E-state index is 4.12. The molecule has 0 N–H and O–H groups in total. The van der Waals surface area contributed by atoms with Crippen LogP contribution >= 0.6 is 0 Å². The van der Waals surface area contributed by atoms with E-state index in [-0.39, 0.29) is 0 Å². The zero-order valence-electron chi connectivity index (χ0n) is 5.52. The van der Waals surface area contributed by atoms with E-state index >= 15 is 0 Å². The summed E-state index contributed by atoms with van der Waals surface area (Å²) in [7, 11) is 0. The van der Waals surface area contributed by atoms with Crippen LogP contribution in [0.15, 0.2) is 18.6 Å². The van der Waals surface area contributed by atoms with Crippen molar-refractivity contribution in [1.29, 1.82) is 0 Å². The molecule has 0 aliphatic rings. The van der Waals surface area contributed by atoms with Crippen molar-refractivity contribution in [1.82, 2.24) is 19.6 Å². The molecule has 0 saturated carbocycles. The summed E-state index contributed by atoms with van der Waals surface area (Å²) in [5.74, 6) is 0.653. The topological polar surface area (TPSA) is 43.1 Å². The molecule has 0 saturated heterocycles. The summed E-state index contributed by atoms with van der Waals surface area (Å²) in [5.41, 5.74) is 0.959. The molecule has 2 aromatic heterocycles. The van der Waals surface area contributed by atoms with Crippen molar-refractivity contribution >= 4 is 5.78 Å². The van der Waals surface area contributed by atoms with Crippen molar-refractivity contribution in [3.63, 3.8) is 0 Å². The number of rotatable bonds is 0. The first kappa shape index (κ1) is 5.34. The number of fused-ring (bicyclic) bond motifs is 1. The molecule has 0 bridgehead atoms. The van der Waals surface area contributed by atoms with Crippen molar-refractivity contribution in [2.45, 2.75) is 6.92 Å². The summed E-state index contributed by atoms with van der Waals surface area (Å²) in [4.78, 5) is 8.05. The summed E-state index contributed by atoms with van der Waals surface area (Å²) in [6.07, 6.45) is 3.33. The van der Waals surface area contributed by atoms with Crippen LogP contribution < -0.4 is 0 Å². The van der Waals surface area contributed by atoms with E-state index in [4.69, 9.17) is 0 Å². The van der Waals surface area contributed by atoms with Gasteiger partial charge in [0.2, 0.25) is 0 Å². The van der Waals surface area contributed by atoms with Gasteiger partial charge in [0.25, 0.3) is 5.78 Å². The monoisotopic (exact) mass is 134 g/mol. The fourth-order valence-electron chi connectivity index (χ4n) is 0.803. The van der Waals surface area contributed by atoms with Crippen LogP contribution in [0, 0.1) is 6.92 Å². The lowest BCUT2D eigenvalue weighted by molar-refractivity contribution is 0.929. The molecule has 0 amide bonds. The number of nitrogens with zero attached hydrogens (tertiary/aromatic N) is 4. The molecule has 0 unspecified atom stereocenters. The smallest absolute Gasteiger partial charge is 0.216 e. The Kier molecular flexibility index (Phi) is 0.943. The number of hydrogen-bond donors (Lipinski definition) is 0. The van der Waals surface area contributed by atoms with E-state index in [1.807, 2.05) is 19.2 Å². The van der Waals surface area contributed by atoms with E-state index in [9.17, 15) is 0 Å². The van der Waals surface area contributed by atoms with E-state index in [2.05, 4.69) is 15.1 Å². The molecule has 0 fully saturated rings. The second kappa shape index (κ2) is 1.76. The highest BCUT2D eigenvalue weighted by atomic mass is 15.3. The van der Waals surface area contributed by atoms with Crippen LogP contribution in [-0.2, 0) is 0 Å². The van der Waals surface area contributed by atoms with E-state index < -0.39 is 0 Å². The van der Waals surface area contributed by atoms with Gasteiger partial charge in [-0.15, -0.1) is 0 Å². The van der Waals surface area contributed by atoms with E-state index in [0.29, 0.717) is 5.78 Å². The summed E-state index contributed by atoms with van der Waals surface area (Å²) >= 11 is 0. The Morgan fingerprint density at radius 1 is 1.50 bits per heavy atom. The summed E-state index contributed by atoms with van der Waals surface area (Å²) in [6, 6.07) is 1.89. The highest BCUT2D eigenvalue weighted by molar-refractivity contribution is 5.25. The molecule has 2 heterocycles. The Hall–Kier alpha value is -1.45. The molecule has 10 heavy (non-hydrogen) atoms. The molecular weight excluding hydrogens is 128 g/mol. The van der Waals surface area contributed by atoms with Gasteiger partial charge in [0.05, 0.1) is 0 Å². The van der Waals surface area contributed by atoms with Crippen molar-refractivity contribution in [2.75, 3.05) is 0 Å². The lowest BCUT2D eigenvalue weighted by atomic mass is 10.5. The molecule has 0 aromatic carbocycles. The van der Waals surface area contributed by atoms with Gasteiger partial charge in [-0.25, -0.2) is 9.50 Å². The normalized spacial score (nSPS) is 10.5. The SMILES string of the molecule is Cc1ccn2ncnc2n1. The Bertz CT molecular complexity index is 351. The van der Waals surface area contributed by atoms with Crippen LogP contribution in [0.2, 0.25) is 0 Å². The van der Waals surface area contributed by atoms with Gasteiger partial charge in [0, 0.05) is 11.9 Å². The van der Waals surface area contributed by atoms with Gasteiger partial charge in [-0.3, -0.25) is 0 Å². The molecule has 4 nitrogen and oxygen atoms in total. The lowest BCUT2D eigenvalue weighted by Crippen LogP contribution is -1.90. The molecular formula is C6H6N4. The average molecular weight is 134 g/mol. The Morgan fingerprint density at radius 3 is 3.30 bits per heavy atom. The number of aromatic nitrogens is 4. The lowest BCUT2D eigenvalue weighted by Gasteiger charge is -1.89. The quantitative estimate of drug-likeness (QED) is 0.524.